The number of likely N-dealkylation sites (tertiary alicyclic amines) is 1. The van der Waals surface area contributed by atoms with E-state index < -0.39 is 10.0 Å². The first kappa shape index (κ1) is 23.4. The van der Waals surface area contributed by atoms with Crippen LogP contribution in [0.1, 0.15) is 60.0 Å². The second-order valence-corrected chi connectivity index (χ2v) is 10.8. The molecule has 33 heavy (non-hydrogen) atoms. The molecule has 2 aromatic rings. The molecule has 1 N–H and O–H groups in total. The minimum atomic E-state index is -3.62. The molecule has 2 aromatic carbocycles. The van der Waals surface area contributed by atoms with Crippen molar-refractivity contribution in [2.75, 3.05) is 25.0 Å². The number of amides is 2. The van der Waals surface area contributed by atoms with Crippen LogP contribution in [0.3, 0.4) is 0 Å². The van der Waals surface area contributed by atoms with Crippen LogP contribution in [0.2, 0.25) is 0 Å². The van der Waals surface area contributed by atoms with Crippen LogP contribution >= 0.6 is 0 Å². The van der Waals surface area contributed by atoms with Crippen LogP contribution in [-0.4, -0.2) is 49.1 Å². The van der Waals surface area contributed by atoms with Crippen molar-refractivity contribution in [2.24, 2.45) is 0 Å². The molecule has 2 heterocycles. The number of benzene rings is 2. The monoisotopic (exact) mass is 469 g/mol. The van der Waals surface area contributed by atoms with Gasteiger partial charge in [0.2, 0.25) is 15.9 Å². The largest absolute Gasteiger partial charge is 0.338 e. The molecule has 2 fully saturated rings. The van der Waals surface area contributed by atoms with E-state index in [2.05, 4.69) is 5.32 Å². The van der Waals surface area contributed by atoms with Crippen molar-refractivity contribution in [3.05, 3.63) is 59.2 Å². The summed E-state index contributed by atoms with van der Waals surface area (Å²) in [6.45, 7) is 4.07. The first-order valence-electron chi connectivity index (χ1n) is 11.6. The molecular weight excluding hydrogens is 438 g/mol. The van der Waals surface area contributed by atoms with Crippen molar-refractivity contribution in [1.29, 1.82) is 0 Å². The van der Waals surface area contributed by atoms with E-state index in [1.807, 2.05) is 6.07 Å². The average molecular weight is 470 g/mol. The van der Waals surface area contributed by atoms with E-state index in [-0.39, 0.29) is 16.7 Å². The number of rotatable bonds is 6. The van der Waals surface area contributed by atoms with Gasteiger partial charge >= 0.3 is 0 Å². The Morgan fingerprint density at radius 1 is 0.970 bits per heavy atom. The van der Waals surface area contributed by atoms with Crippen LogP contribution in [0, 0.1) is 6.92 Å². The number of aryl methyl sites for hydroxylation is 1. The lowest BCUT2D eigenvalue weighted by Gasteiger charge is -2.21. The molecule has 2 aliphatic heterocycles. The molecule has 7 nitrogen and oxygen atoms in total. The Morgan fingerprint density at radius 3 is 2.42 bits per heavy atom. The fraction of sp³-hybridized carbons (Fsp3) is 0.440. The number of hydrogen-bond donors (Lipinski definition) is 1. The SMILES string of the molecule is Cc1ccc(NC(=O)c2cccc(CN3CCCC3=O)c2)cc1S(=O)(=O)N1CCCCCC1. The second kappa shape index (κ2) is 10.1. The number of anilines is 1. The number of carbonyl (C=O) groups is 2. The van der Waals surface area contributed by atoms with Gasteiger partial charge in [0.15, 0.2) is 0 Å². The van der Waals surface area contributed by atoms with Gasteiger partial charge in [-0.25, -0.2) is 8.42 Å². The van der Waals surface area contributed by atoms with E-state index in [9.17, 15) is 18.0 Å². The van der Waals surface area contributed by atoms with E-state index >= 15 is 0 Å². The predicted molar refractivity (Wildman–Crippen MR) is 127 cm³/mol. The van der Waals surface area contributed by atoms with Gasteiger partial charge in [-0.3, -0.25) is 9.59 Å². The van der Waals surface area contributed by atoms with Crippen molar-refractivity contribution in [3.8, 4) is 0 Å². The Labute approximate surface area is 195 Å². The van der Waals surface area contributed by atoms with Gasteiger partial charge in [0, 0.05) is 43.9 Å². The quantitative estimate of drug-likeness (QED) is 0.694. The molecule has 4 rings (SSSR count). The van der Waals surface area contributed by atoms with E-state index in [0.717, 1.165) is 44.2 Å². The first-order chi connectivity index (χ1) is 15.8. The molecule has 0 radical (unpaired) electrons. The summed E-state index contributed by atoms with van der Waals surface area (Å²) in [5, 5.41) is 2.84. The van der Waals surface area contributed by atoms with Crippen molar-refractivity contribution < 1.29 is 18.0 Å². The standard InChI is InChI=1S/C25H31N3O4S/c1-19-11-12-22(17-23(19)33(31,32)28-14-4-2-3-5-15-28)26-25(30)21-9-6-8-20(16-21)18-27-13-7-10-24(27)29/h6,8-9,11-12,16-17H,2-5,7,10,13-15,18H2,1H3,(H,26,30). The van der Waals surface area contributed by atoms with Crippen molar-refractivity contribution >= 4 is 27.5 Å². The highest BCUT2D eigenvalue weighted by Crippen LogP contribution is 2.26. The fourth-order valence-corrected chi connectivity index (χ4v) is 6.25. The summed E-state index contributed by atoms with van der Waals surface area (Å²) in [7, 11) is -3.62. The van der Waals surface area contributed by atoms with E-state index in [1.54, 1.807) is 52.5 Å². The normalized spacial score (nSPS) is 17.7. The number of sulfonamides is 1. The number of nitrogens with zero attached hydrogens (tertiary/aromatic N) is 2. The maximum absolute atomic E-state index is 13.3. The van der Waals surface area contributed by atoms with Crippen molar-refractivity contribution in [3.63, 3.8) is 0 Å². The van der Waals surface area contributed by atoms with Gasteiger partial charge in [-0.2, -0.15) is 4.31 Å². The maximum atomic E-state index is 13.3. The van der Waals surface area contributed by atoms with Gasteiger partial charge < -0.3 is 10.2 Å². The summed E-state index contributed by atoms with van der Waals surface area (Å²) in [6, 6.07) is 12.2. The maximum Gasteiger partial charge on any atom is 0.255 e. The van der Waals surface area contributed by atoms with Crippen LogP contribution < -0.4 is 5.32 Å². The lowest BCUT2D eigenvalue weighted by atomic mass is 10.1. The lowest BCUT2D eigenvalue weighted by molar-refractivity contribution is -0.128. The van der Waals surface area contributed by atoms with E-state index in [0.29, 0.717) is 42.9 Å². The molecular formula is C25H31N3O4S. The fourth-order valence-electron chi connectivity index (χ4n) is 4.48. The van der Waals surface area contributed by atoms with Crippen LogP contribution in [0.15, 0.2) is 47.4 Å². The molecule has 2 saturated heterocycles. The Hall–Kier alpha value is -2.71. The third-order valence-corrected chi connectivity index (χ3v) is 8.40. The minimum Gasteiger partial charge on any atom is -0.338 e. The van der Waals surface area contributed by atoms with Crippen molar-refractivity contribution in [2.45, 2.75) is 56.9 Å². The summed E-state index contributed by atoms with van der Waals surface area (Å²) in [5.41, 5.74) is 2.47. The summed E-state index contributed by atoms with van der Waals surface area (Å²) < 4.78 is 28.1. The average Bonchev–Trinajstić information content (AvgIpc) is 3.03. The van der Waals surface area contributed by atoms with Gasteiger partial charge in [-0.1, -0.05) is 31.0 Å². The lowest BCUT2D eigenvalue weighted by Crippen LogP contribution is -2.32. The molecule has 2 amide bonds. The van der Waals surface area contributed by atoms with Crippen LogP contribution in [-0.2, 0) is 21.4 Å². The summed E-state index contributed by atoms with van der Waals surface area (Å²) in [4.78, 5) is 26.9. The molecule has 2 aliphatic rings. The zero-order chi connectivity index (χ0) is 23.4. The zero-order valence-corrected chi connectivity index (χ0v) is 19.9. The van der Waals surface area contributed by atoms with E-state index in [1.165, 1.54) is 0 Å². The predicted octanol–water partition coefficient (Wildman–Crippen LogP) is 3.93. The van der Waals surface area contributed by atoms with E-state index in [4.69, 9.17) is 0 Å². The molecule has 0 atom stereocenters. The molecule has 0 unspecified atom stereocenters. The summed E-state index contributed by atoms with van der Waals surface area (Å²) >= 11 is 0. The minimum absolute atomic E-state index is 0.141. The van der Waals surface area contributed by atoms with Crippen LogP contribution in [0.25, 0.3) is 0 Å². The van der Waals surface area contributed by atoms with Gasteiger partial charge in [-0.15, -0.1) is 0 Å². The van der Waals surface area contributed by atoms with Gasteiger partial charge in [0.1, 0.15) is 0 Å². The molecule has 176 valence electrons. The Morgan fingerprint density at radius 2 is 1.73 bits per heavy atom. The topological polar surface area (TPSA) is 86.8 Å². The van der Waals surface area contributed by atoms with Crippen LogP contribution in [0.5, 0.6) is 0 Å². The smallest absolute Gasteiger partial charge is 0.255 e. The molecule has 8 heteroatoms. The Kier molecular flexibility index (Phi) is 7.14. The summed E-state index contributed by atoms with van der Waals surface area (Å²) in [6.07, 6.45) is 5.28. The molecule has 0 aliphatic carbocycles. The third-order valence-electron chi connectivity index (χ3n) is 6.36. The zero-order valence-electron chi connectivity index (χ0n) is 19.0. The number of hydrogen-bond acceptors (Lipinski definition) is 4. The number of nitrogens with one attached hydrogen (secondary N) is 1. The van der Waals surface area contributed by atoms with Gasteiger partial charge in [0.05, 0.1) is 4.90 Å². The number of carbonyl (C=O) groups excluding carboxylic acids is 2. The molecule has 0 bridgehead atoms. The molecule has 0 spiro atoms. The van der Waals surface area contributed by atoms with Crippen LogP contribution in [0.4, 0.5) is 5.69 Å². The highest BCUT2D eigenvalue weighted by molar-refractivity contribution is 7.89. The summed E-state index contributed by atoms with van der Waals surface area (Å²) in [5.74, 6) is -0.172. The first-order valence-corrected chi connectivity index (χ1v) is 13.1. The highest BCUT2D eigenvalue weighted by atomic mass is 32.2. The Balaban J connectivity index is 1.51. The van der Waals surface area contributed by atoms with Crippen molar-refractivity contribution in [1.82, 2.24) is 9.21 Å². The Bertz CT molecular complexity index is 1140. The second-order valence-electron chi connectivity index (χ2n) is 8.87. The highest BCUT2D eigenvalue weighted by Gasteiger charge is 2.27. The molecule has 0 aromatic heterocycles. The molecule has 0 saturated carbocycles. The van der Waals surface area contributed by atoms with Gasteiger partial charge in [-0.05, 0) is 61.6 Å². The third kappa shape index (κ3) is 5.45. The van der Waals surface area contributed by atoms with Gasteiger partial charge in [0.25, 0.3) is 5.91 Å².